The zero-order valence-corrected chi connectivity index (χ0v) is 24.5. The van der Waals surface area contributed by atoms with Gasteiger partial charge in [-0.3, -0.25) is 4.79 Å². The molecular weight excluding hydrogens is 527 g/mol. The van der Waals surface area contributed by atoms with E-state index in [0.29, 0.717) is 11.5 Å². The largest absolute Gasteiger partial charge is 0.417 e. The zero-order chi connectivity index (χ0) is 29.6. The molecule has 2 unspecified atom stereocenters. The number of rotatable bonds is 14. The van der Waals surface area contributed by atoms with Crippen molar-refractivity contribution in [2.45, 2.75) is 103 Å². The standard InChI is InChI=1S/C33H44F3N3O2/c1-4-27-22(2)30-28(18-17-26-31(30)25(33(34,35)36)21-29(40)38-26)39(27)20-14-9-7-5-6-8-13-19-37-23(3)32(41)24-15-11-10-12-16-24/h10-12,15,17-18,21,23-24,32,37,41H,4-9,13-14,16,19-20H2,1-3H3,(H,38,40)/t23-,24?,32?/m0/s1. The number of aliphatic hydroxyl groups is 1. The van der Waals surface area contributed by atoms with E-state index in [4.69, 9.17) is 0 Å². The predicted molar refractivity (Wildman–Crippen MR) is 161 cm³/mol. The van der Waals surface area contributed by atoms with Gasteiger partial charge in [0.15, 0.2) is 0 Å². The number of aliphatic hydroxyl groups excluding tert-OH is 1. The van der Waals surface area contributed by atoms with Crippen LogP contribution in [0.3, 0.4) is 0 Å². The third-order valence-corrected chi connectivity index (χ3v) is 8.54. The molecule has 0 radical (unpaired) electrons. The lowest BCUT2D eigenvalue weighted by Gasteiger charge is -2.26. The first-order valence-electron chi connectivity index (χ1n) is 15.1. The summed E-state index contributed by atoms with van der Waals surface area (Å²) in [6.45, 7) is 7.65. The van der Waals surface area contributed by atoms with Crippen LogP contribution in [0.1, 0.15) is 82.0 Å². The van der Waals surface area contributed by atoms with Gasteiger partial charge >= 0.3 is 6.18 Å². The lowest BCUT2D eigenvalue weighted by atomic mass is 9.91. The Morgan fingerprint density at radius 3 is 2.44 bits per heavy atom. The molecule has 0 spiro atoms. The molecule has 0 saturated carbocycles. The summed E-state index contributed by atoms with van der Waals surface area (Å²) in [5.74, 6) is 0.187. The molecule has 0 saturated heterocycles. The van der Waals surface area contributed by atoms with Crippen LogP contribution in [0.2, 0.25) is 0 Å². The highest BCUT2D eigenvalue weighted by Crippen LogP contribution is 2.39. The van der Waals surface area contributed by atoms with Gasteiger partial charge in [0.05, 0.1) is 11.7 Å². The summed E-state index contributed by atoms with van der Waals surface area (Å²) in [7, 11) is 0. The number of hydrogen-bond acceptors (Lipinski definition) is 3. The smallest absolute Gasteiger partial charge is 0.391 e. The van der Waals surface area contributed by atoms with Gasteiger partial charge in [0, 0.05) is 52.1 Å². The monoisotopic (exact) mass is 571 g/mol. The molecular formula is C33H44F3N3O2. The number of nitrogens with one attached hydrogen (secondary N) is 2. The van der Waals surface area contributed by atoms with Crippen LogP contribution >= 0.6 is 0 Å². The molecule has 3 N–H and O–H groups in total. The number of nitrogens with zero attached hydrogens (tertiary/aromatic N) is 1. The van der Waals surface area contributed by atoms with E-state index in [2.05, 4.69) is 33.9 Å². The van der Waals surface area contributed by atoms with E-state index in [1.807, 2.05) is 32.1 Å². The number of hydrogen-bond donors (Lipinski definition) is 3. The lowest BCUT2D eigenvalue weighted by Crippen LogP contribution is -2.41. The first-order chi connectivity index (χ1) is 19.6. The minimum Gasteiger partial charge on any atom is -0.391 e. The Morgan fingerprint density at radius 1 is 1.07 bits per heavy atom. The molecule has 0 fully saturated rings. The zero-order valence-electron chi connectivity index (χ0n) is 24.5. The normalized spacial score (nSPS) is 17.1. The number of alkyl halides is 3. The maximum absolute atomic E-state index is 13.9. The number of aromatic amines is 1. The summed E-state index contributed by atoms with van der Waals surface area (Å²) in [4.78, 5) is 14.5. The second kappa shape index (κ2) is 13.9. The molecule has 2 heterocycles. The van der Waals surface area contributed by atoms with Crippen molar-refractivity contribution in [3.05, 3.63) is 69.7 Å². The van der Waals surface area contributed by atoms with E-state index in [-0.39, 0.29) is 29.0 Å². The summed E-state index contributed by atoms with van der Waals surface area (Å²) >= 11 is 0. The number of allylic oxidation sites excluding steroid dienone is 3. The van der Waals surface area contributed by atoms with Crippen LogP contribution in [0, 0.1) is 12.8 Å². The highest BCUT2D eigenvalue weighted by atomic mass is 19.4. The summed E-state index contributed by atoms with van der Waals surface area (Å²) in [5.41, 5.74) is 1.31. The Morgan fingerprint density at radius 2 is 1.78 bits per heavy atom. The van der Waals surface area contributed by atoms with Crippen LogP contribution in [-0.2, 0) is 19.1 Å². The molecule has 3 aromatic rings. The van der Waals surface area contributed by atoms with Crippen molar-refractivity contribution in [1.82, 2.24) is 14.9 Å². The highest BCUT2D eigenvalue weighted by molar-refractivity contribution is 6.09. The molecule has 4 rings (SSSR count). The van der Waals surface area contributed by atoms with Crippen LogP contribution < -0.4 is 10.9 Å². The van der Waals surface area contributed by atoms with Crippen molar-refractivity contribution in [3.8, 4) is 0 Å². The molecule has 0 aliphatic heterocycles. The Bertz CT molecular complexity index is 1430. The number of fused-ring (bicyclic) bond motifs is 3. The molecule has 1 aliphatic rings. The maximum atomic E-state index is 13.9. The highest BCUT2D eigenvalue weighted by Gasteiger charge is 2.34. The minimum atomic E-state index is -4.61. The Labute approximate surface area is 240 Å². The van der Waals surface area contributed by atoms with E-state index in [1.165, 1.54) is 6.42 Å². The number of halogens is 3. The Kier molecular flexibility index (Phi) is 10.5. The van der Waals surface area contributed by atoms with Crippen molar-refractivity contribution in [2.24, 2.45) is 5.92 Å². The van der Waals surface area contributed by atoms with Gasteiger partial charge in [0.2, 0.25) is 5.56 Å². The molecule has 5 nitrogen and oxygen atoms in total. The van der Waals surface area contributed by atoms with Gasteiger partial charge in [-0.15, -0.1) is 0 Å². The van der Waals surface area contributed by atoms with E-state index in [1.54, 1.807) is 6.07 Å². The molecule has 41 heavy (non-hydrogen) atoms. The topological polar surface area (TPSA) is 70.0 Å². The number of benzene rings is 1. The fraction of sp³-hybridized carbons (Fsp3) is 0.545. The van der Waals surface area contributed by atoms with Gasteiger partial charge in [0.25, 0.3) is 0 Å². The minimum absolute atomic E-state index is 0.0675. The van der Waals surface area contributed by atoms with Crippen molar-refractivity contribution in [3.63, 3.8) is 0 Å². The number of aryl methyl sites for hydroxylation is 2. The van der Waals surface area contributed by atoms with Gasteiger partial charge in [-0.1, -0.05) is 63.3 Å². The molecule has 3 atom stereocenters. The van der Waals surface area contributed by atoms with Crippen LogP contribution in [0.25, 0.3) is 21.8 Å². The van der Waals surface area contributed by atoms with Crippen LogP contribution in [0.15, 0.2) is 47.3 Å². The van der Waals surface area contributed by atoms with Crippen LogP contribution in [-0.4, -0.2) is 33.3 Å². The van der Waals surface area contributed by atoms with E-state index in [9.17, 15) is 23.1 Å². The van der Waals surface area contributed by atoms with Crippen LogP contribution in [0.5, 0.6) is 0 Å². The fourth-order valence-corrected chi connectivity index (χ4v) is 6.33. The van der Waals surface area contributed by atoms with Gasteiger partial charge in [0.1, 0.15) is 0 Å². The first kappa shape index (κ1) is 31.1. The first-order valence-corrected chi connectivity index (χ1v) is 15.1. The summed E-state index contributed by atoms with van der Waals surface area (Å²) in [6.07, 6.45) is 12.6. The van der Waals surface area contributed by atoms with Crippen LogP contribution in [0.4, 0.5) is 13.2 Å². The molecule has 224 valence electrons. The predicted octanol–water partition coefficient (Wildman–Crippen LogP) is 7.57. The molecule has 0 amide bonds. The Hall–Kier alpha value is -2.84. The van der Waals surface area contributed by atoms with Crippen molar-refractivity contribution in [2.75, 3.05) is 6.54 Å². The second-order valence-corrected chi connectivity index (χ2v) is 11.4. The summed E-state index contributed by atoms with van der Waals surface area (Å²) in [6, 6.07) is 4.19. The molecule has 1 aliphatic carbocycles. The third-order valence-electron chi connectivity index (χ3n) is 8.54. The fourth-order valence-electron chi connectivity index (χ4n) is 6.33. The second-order valence-electron chi connectivity index (χ2n) is 11.4. The maximum Gasteiger partial charge on any atom is 0.417 e. The number of unbranched alkanes of at least 4 members (excludes halogenated alkanes) is 6. The van der Waals surface area contributed by atoms with Gasteiger partial charge in [-0.05, 0) is 63.8 Å². The SMILES string of the molecule is CCc1c(C)c2c3c(C(F)(F)F)cc(=O)[nH]c3ccc2n1CCCCCCCCCN[C@@H](C)C(O)C1C=CC=CC1. The molecule has 0 bridgehead atoms. The Balaban J connectivity index is 1.26. The van der Waals surface area contributed by atoms with Crippen molar-refractivity contribution in [1.29, 1.82) is 0 Å². The quantitative estimate of drug-likeness (QED) is 0.175. The molecule has 2 aromatic heterocycles. The molecule has 8 heteroatoms. The number of H-pyrrole nitrogens is 1. The van der Waals surface area contributed by atoms with E-state index >= 15 is 0 Å². The van der Waals surface area contributed by atoms with Gasteiger partial charge in [-0.25, -0.2) is 0 Å². The van der Waals surface area contributed by atoms with Gasteiger partial charge in [-0.2, -0.15) is 13.2 Å². The third kappa shape index (κ3) is 7.33. The number of aromatic nitrogens is 2. The van der Waals surface area contributed by atoms with Crippen molar-refractivity contribution >= 4 is 21.8 Å². The van der Waals surface area contributed by atoms with E-state index < -0.39 is 17.3 Å². The lowest BCUT2D eigenvalue weighted by molar-refractivity contribution is -0.136. The summed E-state index contributed by atoms with van der Waals surface area (Å²) in [5, 5.41) is 14.7. The van der Waals surface area contributed by atoms with Gasteiger partial charge < -0.3 is 20.0 Å². The summed E-state index contributed by atoms with van der Waals surface area (Å²) < 4.78 is 44.0. The average molecular weight is 572 g/mol. The number of pyridine rings is 1. The van der Waals surface area contributed by atoms with E-state index in [0.717, 1.165) is 81.2 Å². The van der Waals surface area contributed by atoms with Crippen molar-refractivity contribution < 1.29 is 18.3 Å². The molecule has 1 aromatic carbocycles. The average Bonchev–Trinajstić information content (AvgIpc) is 3.23.